The van der Waals surface area contributed by atoms with E-state index in [4.69, 9.17) is 5.10 Å². The average molecular weight is 440 g/mol. The molecule has 2 aromatic carbocycles. The van der Waals surface area contributed by atoms with Crippen LogP contribution in [0.1, 0.15) is 34.9 Å². The summed E-state index contributed by atoms with van der Waals surface area (Å²) in [7, 11) is 0. The number of nitrogens with one attached hydrogen (secondary N) is 1. The molecule has 3 aromatic rings. The predicted octanol–water partition coefficient (Wildman–Crippen LogP) is 5.59. The van der Waals surface area contributed by atoms with Crippen LogP contribution in [0.2, 0.25) is 0 Å². The molecule has 28 heavy (non-hydrogen) atoms. The first kappa shape index (κ1) is 19.1. The van der Waals surface area contributed by atoms with E-state index in [1.165, 1.54) is 23.4 Å². The molecule has 0 saturated carbocycles. The number of hydrogen-bond donors (Lipinski definition) is 1. The van der Waals surface area contributed by atoms with Crippen LogP contribution in [-0.2, 0) is 6.54 Å². The van der Waals surface area contributed by atoms with Gasteiger partial charge in [0.1, 0.15) is 5.82 Å². The fraction of sp³-hybridized carbons (Fsp3) is 0.261. The number of allylic oxidation sites excluding steroid dienone is 1. The number of halogens is 2. The smallest absolute Gasteiger partial charge is 0.123 e. The molecule has 0 fully saturated rings. The molecule has 1 heterocycles. The second-order valence-corrected chi connectivity index (χ2v) is 8.23. The van der Waals surface area contributed by atoms with Crippen LogP contribution in [0.4, 0.5) is 4.39 Å². The van der Waals surface area contributed by atoms with Crippen LogP contribution in [0.3, 0.4) is 0 Å². The first-order chi connectivity index (χ1) is 13.5. The predicted molar refractivity (Wildman–Crippen MR) is 114 cm³/mol. The van der Waals surface area contributed by atoms with Gasteiger partial charge in [0.25, 0.3) is 0 Å². The van der Waals surface area contributed by atoms with Gasteiger partial charge in [0.05, 0.1) is 11.4 Å². The van der Waals surface area contributed by atoms with Crippen molar-refractivity contribution >= 4 is 15.9 Å². The van der Waals surface area contributed by atoms with Gasteiger partial charge in [0.15, 0.2) is 0 Å². The Hall–Kier alpha value is -2.24. The summed E-state index contributed by atoms with van der Waals surface area (Å²) in [5.41, 5.74) is 5.72. The third-order valence-corrected chi connectivity index (χ3v) is 5.83. The van der Waals surface area contributed by atoms with Crippen molar-refractivity contribution in [1.82, 2.24) is 15.1 Å². The van der Waals surface area contributed by atoms with Crippen molar-refractivity contribution in [2.24, 2.45) is 0 Å². The van der Waals surface area contributed by atoms with E-state index >= 15 is 0 Å². The topological polar surface area (TPSA) is 29.9 Å². The molecule has 1 aliphatic carbocycles. The summed E-state index contributed by atoms with van der Waals surface area (Å²) in [5, 5.41) is 8.36. The average Bonchev–Trinajstić information content (AvgIpc) is 3.25. The van der Waals surface area contributed by atoms with Crippen molar-refractivity contribution in [3.05, 3.63) is 93.5 Å². The molecule has 144 valence electrons. The van der Waals surface area contributed by atoms with E-state index in [0.717, 1.165) is 34.4 Å². The Morgan fingerprint density at radius 3 is 2.68 bits per heavy atom. The summed E-state index contributed by atoms with van der Waals surface area (Å²) < 4.78 is 16.1. The molecule has 0 bridgehead atoms. The first-order valence-electron chi connectivity index (χ1n) is 9.49. The molecule has 0 radical (unpaired) electrons. The van der Waals surface area contributed by atoms with Gasteiger partial charge in [-0.25, -0.2) is 9.07 Å². The van der Waals surface area contributed by atoms with Crippen LogP contribution in [0.15, 0.2) is 65.2 Å². The van der Waals surface area contributed by atoms with E-state index < -0.39 is 0 Å². The number of aryl methyl sites for hydroxylation is 1. The zero-order chi connectivity index (χ0) is 19.7. The van der Waals surface area contributed by atoms with Gasteiger partial charge in [-0.15, -0.1) is 0 Å². The largest absolute Gasteiger partial charge is 0.306 e. The van der Waals surface area contributed by atoms with Gasteiger partial charge in [-0.3, -0.25) is 0 Å². The first-order valence-corrected chi connectivity index (χ1v) is 10.3. The Morgan fingerprint density at radius 1 is 1.14 bits per heavy atom. The Bertz CT molecular complexity index is 1010. The summed E-state index contributed by atoms with van der Waals surface area (Å²) in [5.74, 6) is 0.157. The molecule has 2 unspecified atom stereocenters. The third kappa shape index (κ3) is 3.96. The molecule has 0 aliphatic heterocycles. The van der Waals surface area contributed by atoms with Crippen molar-refractivity contribution < 1.29 is 4.39 Å². The fourth-order valence-electron chi connectivity index (χ4n) is 3.97. The van der Waals surface area contributed by atoms with Gasteiger partial charge in [-0.05, 0) is 56.2 Å². The minimum atomic E-state index is -0.196. The maximum absolute atomic E-state index is 13.0. The zero-order valence-corrected chi connectivity index (χ0v) is 17.6. The monoisotopic (exact) mass is 439 g/mol. The van der Waals surface area contributed by atoms with Crippen LogP contribution in [0.5, 0.6) is 0 Å². The lowest BCUT2D eigenvalue weighted by molar-refractivity contribution is 0.558. The summed E-state index contributed by atoms with van der Waals surface area (Å²) in [6.07, 6.45) is 5.53. The lowest BCUT2D eigenvalue weighted by Crippen LogP contribution is -2.25. The molecular formula is C23H23BrFN3. The van der Waals surface area contributed by atoms with Gasteiger partial charge >= 0.3 is 0 Å². The van der Waals surface area contributed by atoms with Crippen molar-refractivity contribution in [1.29, 1.82) is 0 Å². The van der Waals surface area contributed by atoms with Crippen LogP contribution >= 0.6 is 15.9 Å². The highest BCUT2D eigenvalue weighted by Gasteiger charge is 2.26. The summed E-state index contributed by atoms with van der Waals surface area (Å²) >= 11 is 3.54. The molecule has 0 spiro atoms. The molecule has 1 aromatic heterocycles. The summed E-state index contributed by atoms with van der Waals surface area (Å²) in [4.78, 5) is 0. The van der Waals surface area contributed by atoms with Crippen molar-refractivity contribution in [2.75, 3.05) is 0 Å². The third-order valence-electron chi connectivity index (χ3n) is 5.34. The van der Waals surface area contributed by atoms with Crippen LogP contribution in [-0.4, -0.2) is 15.8 Å². The van der Waals surface area contributed by atoms with E-state index in [0.29, 0.717) is 12.0 Å². The summed E-state index contributed by atoms with van der Waals surface area (Å²) in [6.45, 7) is 4.96. The molecule has 5 heteroatoms. The molecule has 1 aliphatic rings. The van der Waals surface area contributed by atoms with Gasteiger partial charge in [0, 0.05) is 34.2 Å². The Balaban J connectivity index is 1.47. The van der Waals surface area contributed by atoms with E-state index in [1.807, 2.05) is 28.9 Å². The minimum Gasteiger partial charge on any atom is -0.306 e. The van der Waals surface area contributed by atoms with Crippen molar-refractivity contribution in [2.45, 2.75) is 38.8 Å². The Morgan fingerprint density at radius 2 is 1.93 bits per heavy atom. The lowest BCUT2D eigenvalue weighted by Gasteiger charge is -2.15. The number of benzene rings is 2. The quantitative estimate of drug-likeness (QED) is 0.524. The molecule has 1 N–H and O–H groups in total. The van der Waals surface area contributed by atoms with E-state index in [2.05, 4.69) is 59.4 Å². The Kier molecular flexibility index (Phi) is 5.47. The highest BCUT2D eigenvalue weighted by atomic mass is 79.9. The zero-order valence-electron chi connectivity index (χ0n) is 16.0. The summed E-state index contributed by atoms with van der Waals surface area (Å²) in [6, 6.07) is 15.2. The second kappa shape index (κ2) is 8.02. The molecule has 0 amide bonds. The van der Waals surface area contributed by atoms with Gasteiger partial charge in [-0.2, -0.15) is 5.10 Å². The molecule has 3 nitrogen and oxygen atoms in total. The minimum absolute atomic E-state index is 0.196. The highest BCUT2D eigenvalue weighted by Crippen LogP contribution is 2.34. The maximum atomic E-state index is 13.0. The normalized spacial score (nSPS) is 18.7. The van der Waals surface area contributed by atoms with E-state index in [1.54, 1.807) is 0 Å². The van der Waals surface area contributed by atoms with Gasteiger partial charge in [-0.1, -0.05) is 46.3 Å². The number of hydrogen-bond acceptors (Lipinski definition) is 2. The second-order valence-electron chi connectivity index (χ2n) is 7.32. The van der Waals surface area contributed by atoms with Crippen LogP contribution in [0.25, 0.3) is 5.69 Å². The number of rotatable bonds is 5. The fourth-order valence-corrected chi connectivity index (χ4v) is 4.35. The van der Waals surface area contributed by atoms with Crippen LogP contribution in [0, 0.1) is 19.7 Å². The Labute approximate surface area is 173 Å². The number of nitrogens with zero attached hydrogens (tertiary/aromatic N) is 2. The SMILES string of the molecule is Cc1nn(-c2cccc(Br)c2)c(C)c1C1C=CC(NCc2ccc(F)cc2)C1. The molecule has 0 saturated heterocycles. The maximum Gasteiger partial charge on any atom is 0.123 e. The number of aromatic nitrogens is 2. The molecule has 2 atom stereocenters. The van der Waals surface area contributed by atoms with Crippen molar-refractivity contribution in [3.8, 4) is 5.69 Å². The van der Waals surface area contributed by atoms with E-state index in [9.17, 15) is 4.39 Å². The van der Waals surface area contributed by atoms with Crippen LogP contribution < -0.4 is 5.32 Å². The molecular weight excluding hydrogens is 417 g/mol. The van der Waals surface area contributed by atoms with E-state index in [-0.39, 0.29) is 5.82 Å². The van der Waals surface area contributed by atoms with Gasteiger partial charge in [0.2, 0.25) is 0 Å². The highest BCUT2D eigenvalue weighted by molar-refractivity contribution is 9.10. The standard InChI is InChI=1S/C23H23BrFN3/c1-15-23(16(2)28(27-15)22-5-3-4-19(24)13-22)18-8-11-21(12-18)26-14-17-6-9-20(25)10-7-17/h3-11,13,18,21,26H,12,14H2,1-2H3. The van der Waals surface area contributed by atoms with Crippen molar-refractivity contribution in [3.63, 3.8) is 0 Å². The molecule has 4 rings (SSSR count). The lowest BCUT2D eigenvalue weighted by atomic mass is 9.96. The van der Waals surface area contributed by atoms with Gasteiger partial charge < -0.3 is 5.32 Å².